The van der Waals surface area contributed by atoms with Crippen molar-refractivity contribution in [2.45, 2.75) is 38.7 Å². The molecule has 0 aliphatic rings. The first-order valence-corrected chi connectivity index (χ1v) is 9.13. The van der Waals surface area contributed by atoms with Gasteiger partial charge in [0.05, 0.1) is 11.5 Å². The summed E-state index contributed by atoms with van der Waals surface area (Å²) in [6.07, 6.45) is 4.67. The molecule has 0 bridgehead atoms. The van der Waals surface area contributed by atoms with Gasteiger partial charge in [-0.3, -0.25) is 9.59 Å². The van der Waals surface area contributed by atoms with Crippen molar-refractivity contribution < 1.29 is 19.6 Å². The maximum Gasteiger partial charge on any atom is 0.475 e. The van der Waals surface area contributed by atoms with E-state index in [1.807, 2.05) is 44.2 Å². The largest absolute Gasteiger partial charge is 0.475 e. The van der Waals surface area contributed by atoms with Crippen molar-refractivity contribution >= 4 is 18.9 Å². The number of hydrogen-bond acceptors (Lipinski definition) is 6. The van der Waals surface area contributed by atoms with Gasteiger partial charge in [-0.15, -0.1) is 0 Å². The SMILES string of the molecule is CC(C)C[C@H](NC(=O)[C@H](Cc1ccccc1)NC(=O)c1cncnc1)B(O)O. The van der Waals surface area contributed by atoms with E-state index >= 15 is 0 Å². The van der Waals surface area contributed by atoms with Gasteiger partial charge in [0.15, 0.2) is 0 Å². The Morgan fingerprint density at radius 3 is 2.29 bits per heavy atom. The number of hydrogen-bond donors (Lipinski definition) is 4. The number of carbonyl (C=O) groups is 2. The third-order valence-corrected chi connectivity index (χ3v) is 4.14. The molecule has 28 heavy (non-hydrogen) atoms. The van der Waals surface area contributed by atoms with Crippen molar-refractivity contribution in [3.63, 3.8) is 0 Å². The fraction of sp³-hybridized carbons (Fsp3) is 0.368. The van der Waals surface area contributed by atoms with Gasteiger partial charge in [-0.2, -0.15) is 0 Å². The molecule has 0 fully saturated rings. The second-order valence-corrected chi connectivity index (χ2v) is 7.00. The predicted molar refractivity (Wildman–Crippen MR) is 105 cm³/mol. The normalized spacial score (nSPS) is 12.9. The standard InChI is InChI=1S/C19H25BN4O4/c1-13(2)8-17(20(27)28)24-19(26)16(9-14-6-4-3-5-7-14)23-18(25)15-10-21-12-22-11-15/h3-7,10-13,16-17,27-28H,8-9H2,1-2H3,(H,23,25)(H,24,26)/t16-,17-/m0/s1. The summed E-state index contributed by atoms with van der Waals surface area (Å²) < 4.78 is 0. The maximum absolute atomic E-state index is 12.8. The maximum atomic E-state index is 12.8. The van der Waals surface area contributed by atoms with Crippen LogP contribution in [0.25, 0.3) is 0 Å². The Hall–Kier alpha value is -2.78. The molecular weight excluding hydrogens is 359 g/mol. The molecule has 2 amide bonds. The van der Waals surface area contributed by atoms with Gasteiger partial charge in [-0.25, -0.2) is 9.97 Å². The topological polar surface area (TPSA) is 124 Å². The average molecular weight is 384 g/mol. The zero-order valence-corrected chi connectivity index (χ0v) is 15.9. The molecule has 1 aromatic heterocycles. The molecule has 2 atom stereocenters. The number of nitrogens with one attached hydrogen (secondary N) is 2. The van der Waals surface area contributed by atoms with Crippen molar-refractivity contribution in [3.05, 3.63) is 60.2 Å². The summed E-state index contributed by atoms with van der Waals surface area (Å²) in [6, 6.07) is 8.35. The number of benzene rings is 1. The van der Waals surface area contributed by atoms with E-state index < -0.39 is 30.9 Å². The van der Waals surface area contributed by atoms with Crippen LogP contribution in [0.1, 0.15) is 36.2 Å². The third kappa shape index (κ3) is 6.75. The first-order valence-electron chi connectivity index (χ1n) is 9.13. The van der Waals surface area contributed by atoms with E-state index in [9.17, 15) is 19.6 Å². The zero-order valence-electron chi connectivity index (χ0n) is 15.9. The highest BCUT2D eigenvalue weighted by atomic mass is 16.4. The molecule has 9 heteroatoms. The van der Waals surface area contributed by atoms with Crippen LogP contribution in [-0.4, -0.2) is 50.9 Å². The van der Waals surface area contributed by atoms with Crippen LogP contribution in [0.2, 0.25) is 0 Å². The van der Waals surface area contributed by atoms with E-state index in [0.717, 1.165) is 5.56 Å². The minimum atomic E-state index is -1.69. The van der Waals surface area contributed by atoms with E-state index in [1.54, 1.807) is 0 Å². The summed E-state index contributed by atoms with van der Waals surface area (Å²) in [6.45, 7) is 3.83. The van der Waals surface area contributed by atoms with Gasteiger partial charge in [0.1, 0.15) is 12.4 Å². The molecule has 1 aromatic carbocycles. The molecule has 4 N–H and O–H groups in total. The van der Waals surface area contributed by atoms with Crippen LogP contribution in [-0.2, 0) is 11.2 Å². The van der Waals surface area contributed by atoms with Crippen LogP contribution in [0.4, 0.5) is 0 Å². The lowest BCUT2D eigenvalue weighted by Gasteiger charge is -2.24. The Bertz CT molecular complexity index is 759. The van der Waals surface area contributed by atoms with Crippen LogP contribution >= 0.6 is 0 Å². The molecule has 0 aliphatic carbocycles. The number of amides is 2. The summed E-state index contributed by atoms with van der Waals surface area (Å²) >= 11 is 0. The van der Waals surface area contributed by atoms with E-state index in [4.69, 9.17) is 0 Å². The molecular formula is C19H25BN4O4. The molecule has 1 heterocycles. The minimum Gasteiger partial charge on any atom is -0.426 e. The molecule has 2 aromatic rings. The molecule has 0 saturated heterocycles. The molecule has 2 rings (SSSR count). The molecule has 0 saturated carbocycles. The van der Waals surface area contributed by atoms with E-state index in [1.165, 1.54) is 18.7 Å². The van der Waals surface area contributed by atoms with Crippen LogP contribution in [0.15, 0.2) is 49.1 Å². The van der Waals surface area contributed by atoms with Gasteiger partial charge in [0, 0.05) is 18.8 Å². The lowest BCUT2D eigenvalue weighted by atomic mass is 9.75. The lowest BCUT2D eigenvalue weighted by molar-refractivity contribution is -0.123. The molecule has 148 valence electrons. The highest BCUT2D eigenvalue weighted by Crippen LogP contribution is 2.09. The predicted octanol–water partition coefficient (Wildman–Crippen LogP) is 0.361. The molecule has 0 radical (unpaired) electrons. The van der Waals surface area contributed by atoms with Crippen molar-refractivity contribution in [2.75, 3.05) is 0 Å². The molecule has 0 spiro atoms. The van der Waals surface area contributed by atoms with Crippen molar-refractivity contribution in [3.8, 4) is 0 Å². The van der Waals surface area contributed by atoms with Gasteiger partial charge in [-0.1, -0.05) is 44.2 Å². The van der Waals surface area contributed by atoms with Crippen molar-refractivity contribution in [2.24, 2.45) is 5.92 Å². The smallest absolute Gasteiger partial charge is 0.426 e. The van der Waals surface area contributed by atoms with Gasteiger partial charge >= 0.3 is 7.12 Å². The Morgan fingerprint density at radius 2 is 1.71 bits per heavy atom. The van der Waals surface area contributed by atoms with Crippen molar-refractivity contribution in [1.82, 2.24) is 20.6 Å². The number of rotatable bonds is 9. The average Bonchev–Trinajstić information content (AvgIpc) is 2.68. The Morgan fingerprint density at radius 1 is 1.07 bits per heavy atom. The van der Waals surface area contributed by atoms with Gasteiger partial charge in [-0.05, 0) is 17.9 Å². The summed E-state index contributed by atoms with van der Waals surface area (Å²) in [4.78, 5) is 32.9. The lowest BCUT2D eigenvalue weighted by Crippen LogP contribution is -2.55. The number of nitrogens with zero attached hydrogens (tertiary/aromatic N) is 2. The highest BCUT2D eigenvalue weighted by Gasteiger charge is 2.30. The van der Waals surface area contributed by atoms with E-state index in [-0.39, 0.29) is 17.9 Å². The zero-order chi connectivity index (χ0) is 20.5. The number of carbonyl (C=O) groups excluding carboxylic acids is 2. The monoisotopic (exact) mass is 384 g/mol. The van der Waals surface area contributed by atoms with Gasteiger partial charge in [0.2, 0.25) is 5.91 Å². The summed E-state index contributed by atoms with van der Waals surface area (Å²) in [5, 5.41) is 24.5. The second-order valence-electron chi connectivity index (χ2n) is 7.00. The first kappa shape index (κ1) is 21.5. The third-order valence-electron chi connectivity index (χ3n) is 4.14. The van der Waals surface area contributed by atoms with Gasteiger partial charge in [0.25, 0.3) is 5.91 Å². The summed E-state index contributed by atoms with van der Waals surface area (Å²) in [7, 11) is -1.69. The highest BCUT2D eigenvalue weighted by molar-refractivity contribution is 6.43. The van der Waals surface area contributed by atoms with E-state index in [2.05, 4.69) is 20.6 Å². The minimum absolute atomic E-state index is 0.149. The van der Waals surface area contributed by atoms with Crippen molar-refractivity contribution in [1.29, 1.82) is 0 Å². The fourth-order valence-electron chi connectivity index (χ4n) is 2.76. The quantitative estimate of drug-likeness (QED) is 0.463. The summed E-state index contributed by atoms with van der Waals surface area (Å²) in [5.74, 6) is -1.66. The first-order chi connectivity index (χ1) is 13.4. The Labute approximate surface area is 164 Å². The van der Waals surface area contributed by atoms with Crippen LogP contribution in [0.3, 0.4) is 0 Å². The Kier molecular flexibility index (Phi) is 8.10. The Balaban J connectivity index is 2.16. The fourth-order valence-corrected chi connectivity index (χ4v) is 2.76. The van der Waals surface area contributed by atoms with Crippen LogP contribution in [0, 0.1) is 5.92 Å². The van der Waals surface area contributed by atoms with Crippen LogP contribution in [0.5, 0.6) is 0 Å². The number of aromatic nitrogens is 2. The molecule has 0 unspecified atom stereocenters. The summed E-state index contributed by atoms with van der Waals surface area (Å²) in [5.41, 5.74) is 1.09. The molecule has 8 nitrogen and oxygen atoms in total. The van der Waals surface area contributed by atoms with Crippen LogP contribution < -0.4 is 10.6 Å². The molecule has 0 aliphatic heterocycles. The van der Waals surface area contributed by atoms with Gasteiger partial charge < -0.3 is 20.7 Å². The van der Waals surface area contributed by atoms with E-state index in [0.29, 0.717) is 6.42 Å². The second kappa shape index (κ2) is 10.5.